The van der Waals surface area contributed by atoms with Crippen LogP contribution in [0.4, 0.5) is 0 Å². The number of aliphatic hydroxyl groups is 2. The molecule has 0 radical (unpaired) electrons. The first-order valence-corrected chi connectivity index (χ1v) is 7.04. The molecule has 0 aliphatic rings. The molecule has 0 aliphatic carbocycles. The van der Waals surface area contributed by atoms with Crippen molar-refractivity contribution in [3.63, 3.8) is 0 Å². The van der Waals surface area contributed by atoms with E-state index in [1.54, 1.807) is 6.07 Å². The van der Waals surface area contributed by atoms with E-state index >= 15 is 0 Å². The highest BCUT2D eigenvalue weighted by Gasteiger charge is 2.20. The van der Waals surface area contributed by atoms with Gasteiger partial charge in [-0.3, -0.25) is 9.13 Å². The standard InChI is InChI=1S/C16H16N2O6/c19-11-4-5-12(20)17(11)15(23)9-2-1-3-10(8-9)16(24)18-13(21)6-7-14(18)22/h1-8,15-16,19-24H. The van der Waals surface area contributed by atoms with Crippen molar-refractivity contribution in [1.82, 2.24) is 9.13 Å². The average molecular weight is 332 g/mol. The van der Waals surface area contributed by atoms with Gasteiger partial charge in [-0.05, 0) is 6.07 Å². The Labute approximate surface area is 136 Å². The number of aliphatic hydroxyl groups excluding tert-OH is 2. The fourth-order valence-electron chi connectivity index (χ4n) is 2.53. The van der Waals surface area contributed by atoms with Gasteiger partial charge < -0.3 is 30.6 Å². The molecule has 0 amide bonds. The zero-order valence-electron chi connectivity index (χ0n) is 12.4. The second kappa shape index (κ2) is 5.84. The molecule has 126 valence electrons. The Balaban J connectivity index is 1.98. The summed E-state index contributed by atoms with van der Waals surface area (Å²) in [7, 11) is 0. The molecule has 6 N–H and O–H groups in total. The Kier molecular flexibility index (Phi) is 3.84. The minimum atomic E-state index is -1.39. The van der Waals surface area contributed by atoms with Crippen molar-refractivity contribution in [1.29, 1.82) is 0 Å². The van der Waals surface area contributed by atoms with Gasteiger partial charge in [0.05, 0.1) is 0 Å². The summed E-state index contributed by atoms with van der Waals surface area (Å²) >= 11 is 0. The Bertz CT molecular complexity index is 763. The van der Waals surface area contributed by atoms with Gasteiger partial charge in [0.15, 0.2) is 36.0 Å². The van der Waals surface area contributed by atoms with Gasteiger partial charge >= 0.3 is 0 Å². The predicted octanol–water partition coefficient (Wildman–Crippen LogP) is 1.19. The molecule has 2 atom stereocenters. The summed E-state index contributed by atoms with van der Waals surface area (Å²) in [6.07, 6.45) is -2.78. The molecule has 0 fully saturated rings. The summed E-state index contributed by atoms with van der Waals surface area (Å²) in [4.78, 5) is 0. The average Bonchev–Trinajstić information content (AvgIpc) is 3.08. The summed E-state index contributed by atoms with van der Waals surface area (Å²) < 4.78 is 1.80. The lowest BCUT2D eigenvalue weighted by Gasteiger charge is -2.19. The quantitative estimate of drug-likeness (QED) is 0.425. The molecule has 24 heavy (non-hydrogen) atoms. The van der Waals surface area contributed by atoms with Gasteiger partial charge in [-0.2, -0.15) is 0 Å². The van der Waals surface area contributed by atoms with Crippen LogP contribution in [0.1, 0.15) is 23.6 Å². The van der Waals surface area contributed by atoms with Crippen molar-refractivity contribution in [3.8, 4) is 23.5 Å². The molecule has 3 aromatic rings. The second-order valence-electron chi connectivity index (χ2n) is 5.26. The summed E-state index contributed by atoms with van der Waals surface area (Å²) in [6, 6.07) is 11.0. The Hall–Kier alpha value is -3.10. The number of rotatable bonds is 4. The molecule has 0 saturated carbocycles. The minimum Gasteiger partial charge on any atom is -0.494 e. The third-order valence-corrected chi connectivity index (χ3v) is 3.75. The summed E-state index contributed by atoms with van der Waals surface area (Å²) in [6.45, 7) is 0. The SMILES string of the molecule is Oc1ccc(O)n1C(O)c1cccc(C(O)n2c(O)ccc2O)c1. The van der Waals surface area contributed by atoms with E-state index in [-0.39, 0.29) is 34.6 Å². The number of aromatic nitrogens is 2. The van der Waals surface area contributed by atoms with Crippen LogP contribution in [-0.4, -0.2) is 39.8 Å². The third-order valence-electron chi connectivity index (χ3n) is 3.75. The Morgan fingerprint density at radius 2 is 0.917 bits per heavy atom. The first kappa shape index (κ1) is 15.8. The molecular weight excluding hydrogens is 316 g/mol. The molecule has 0 bridgehead atoms. The fourth-order valence-corrected chi connectivity index (χ4v) is 2.53. The van der Waals surface area contributed by atoms with Crippen molar-refractivity contribution < 1.29 is 30.6 Å². The monoisotopic (exact) mass is 332 g/mol. The highest BCUT2D eigenvalue weighted by Crippen LogP contribution is 2.32. The van der Waals surface area contributed by atoms with E-state index in [0.29, 0.717) is 0 Å². The van der Waals surface area contributed by atoms with Crippen LogP contribution in [0.25, 0.3) is 0 Å². The number of nitrogens with zero attached hydrogens (tertiary/aromatic N) is 2. The van der Waals surface area contributed by atoms with E-state index in [9.17, 15) is 30.6 Å². The molecule has 0 aliphatic heterocycles. The lowest BCUT2D eigenvalue weighted by atomic mass is 10.1. The van der Waals surface area contributed by atoms with Gasteiger partial charge in [0.25, 0.3) is 0 Å². The Morgan fingerprint density at radius 3 is 1.25 bits per heavy atom. The molecule has 2 heterocycles. The van der Waals surface area contributed by atoms with E-state index in [4.69, 9.17) is 0 Å². The zero-order chi connectivity index (χ0) is 17.4. The molecule has 1 aromatic carbocycles. The number of benzene rings is 1. The molecule has 0 spiro atoms. The first-order chi connectivity index (χ1) is 11.4. The lowest BCUT2D eigenvalue weighted by Crippen LogP contribution is -2.12. The van der Waals surface area contributed by atoms with Gasteiger partial charge in [-0.25, -0.2) is 0 Å². The molecule has 8 nitrogen and oxygen atoms in total. The highest BCUT2D eigenvalue weighted by molar-refractivity contribution is 5.34. The van der Waals surface area contributed by atoms with Crippen LogP contribution in [0.5, 0.6) is 23.5 Å². The van der Waals surface area contributed by atoms with Gasteiger partial charge in [0.1, 0.15) is 0 Å². The summed E-state index contributed by atoms with van der Waals surface area (Å²) in [5.41, 5.74) is 0.555. The second-order valence-corrected chi connectivity index (χ2v) is 5.26. The van der Waals surface area contributed by atoms with Crippen molar-refractivity contribution in [2.45, 2.75) is 12.5 Å². The van der Waals surface area contributed by atoms with E-state index in [1.807, 2.05) is 0 Å². The van der Waals surface area contributed by atoms with Crippen LogP contribution < -0.4 is 0 Å². The maximum absolute atomic E-state index is 10.3. The van der Waals surface area contributed by atoms with Crippen molar-refractivity contribution in [3.05, 3.63) is 59.7 Å². The Morgan fingerprint density at radius 1 is 0.583 bits per heavy atom. The number of hydrogen-bond donors (Lipinski definition) is 6. The van der Waals surface area contributed by atoms with Crippen LogP contribution in [-0.2, 0) is 0 Å². The van der Waals surface area contributed by atoms with E-state index in [0.717, 1.165) is 9.13 Å². The number of hydrogen-bond acceptors (Lipinski definition) is 6. The summed E-state index contributed by atoms with van der Waals surface area (Å²) in [5, 5.41) is 59.4. The van der Waals surface area contributed by atoms with Gasteiger partial charge in [0.2, 0.25) is 0 Å². The smallest absolute Gasteiger partial charge is 0.196 e. The van der Waals surface area contributed by atoms with E-state index in [1.165, 1.54) is 42.5 Å². The van der Waals surface area contributed by atoms with Gasteiger partial charge in [0, 0.05) is 35.4 Å². The molecule has 3 rings (SSSR count). The van der Waals surface area contributed by atoms with Crippen molar-refractivity contribution in [2.24, 2.45) is 0 Å². The number of aromatic hydroxyl groups is 4. The summed E-state index contributed by atoms with van der Waals surface area (Å²) in [5.74, 6) is -1.31. The fraction of sp³-hybridized carbons (Fsp3) is 0.125. The lowest BCUT2D eigenvalue weighted by molar-refractivity contribution is 0.120. The normalized spacial score (nSPS) is 13.8. The third kappa shape index (κ3) is 2.53. The van der Waals surface area contributed by atoms with Crippen LogP contribution in [0.3, 0.4) is 0 Å². The van der Waals surface area contributed by atoms with Crippen LogP contribution in [0.15, 0.2) is 48.5 Å². The maximum Gasteiger partial charge on any atom is 0.196 e. The van der Waals surface area contributed by atoms with E-state index < -0.39 is 12.5 Å². The van der Waals surface area contributed by atoms with Crippen molar-refractivity contribution >= 4 is 0 Å². The van der Waals surface area contributed by atoms with Crippen LogP contribution >= 0.6 is 0 Å². The molecule has 0 saturated heterocycles. The van der Waals surface area contributed by atoms with E-state index in [2.05, 4.69) is 0 Å². The largest absolute Gasteiger partial charge is 0.494 e. The highest BCUT2D eigenvalue weighted by atomic mass is 16.3. The van der Waals surface area contributed by atoms with Crippen LogP contribution in [0, 0.1) is 0 Å². The molecule has 2 aromatic heterocycles. The maximum atomic E-state index is 10.3. The molecule has 2 unspecified atom stereocenters. The van der Waals surface area contributed by atoms with Crippen LogP contribution in [0.2, 0.25) is 0 Å². The first-order valence-electron chi connectivity index (χ1n) is 7.04. The predicted molar refractivity (Wildman–Crippen MR) is 82.7 cm³/mol. The van der Waals surface area contributed by atoms with Gasteiger partial charge in [-0.1, -0.05) is 18.2 Å². The minimum absolute atomic E-state index is 0.277. The molecular formula is C16H16N2O6. The molecule has 8 heteroatoms. The zero-order valence-corrected chi connectivity index (χ0v) is 12.4. The topological polar surface area (TPSA) is 131 Å². The van der Waals surface area contributed by atoms with Gasteiger partial charge in [-0.15, -0.1) is 0 Å². The van der Waals surface area contributed by atoms with Crippen molar-refractivity contribution in [2.75, 3.05) is 0 Å².